The zero-order valence-electron chi connectivity index (χ0n) is 9.92. The quantitative estimate of drug-likeness (QED) is 0.738. The van der Waals surface area contributed by atoms with Crippen LogP contribution in [-0.2, 0) is 4.74 Å². The van der Waals surface area contributed by atoms with Gasteiger partial charge in [0.05, 0.1) is 11.6 Å². The summed E-state index contributed by atoms with van der Waals surface area (Å²) in [7, 11) is 1.76. The summed E-state index contributed by atoms with van der Waals surface area (Å²) in [4.78, 5) is 2.48. The lowest BCUT2D eigenvalue weighted by atomic mass is 9.93. The largest absolute Gasteiger partial charge is 0.380 e. The van der Waals surface area contributed by atoms with E-state index in [1.165, 1.54) is 6.42 Å². The van der Waals surface area contributed by atoms with Crippen molar-refractivity contribution < 1.29 is 4.74 Å². The standard InChI is InChI=1S/C11H24N2O/c1-9-5-6-13(7-9)11(3,8-12)10(2)14-4/h9-10H,5-8,12H2,1-4H3. The van der Waals surface area contributed by atoms with Gasteiger partial charge >= 0.3 is 0 Å². The fraction of sp³-hybridized carbons (Fsp3) is 1.00. The summed E-state index contributed by atoms with van der Waals surface area (Å²) in [6.45, 7) is 9.59. The smallest absolute Gasteiger partial charge is 0.0736 e. The Hall–Kier alpha value is -0.120. The highest BCUT2D eigenvalue weighted by molar-refractivity contribution is 4.95. The molecule has 1 rings (SSSR count). The van der Waals surface area contributed by atoms with Gasteiger partial charge in [-0.05, 0) is 32.7 Å². The lowest BCUT2D eigenvalue weighted by Crippen LogP contribution is -2.58. The number of hydrogen-bond acceptors (Lipinski definition) is 3. The summed E-state index contributed by atoms with van der Waals surface area (Å²) in [6.07, 6.45) is 1.48. The fourth-order valence-electron chi connectivity index (χ4n) is 2.21. The number of nitrogens with two attached hydrogens (primary N) is 1. The fourth-order valence-corrected chi connectivity index (χ4v) is 2.21. The average molecular weight is 200 g/mol. The topological polar surface area (TPSA) is 38.5 Å². The summed E-state index contributed by atoms with van der Waals surface area (Å²) in [5.74, 6) is 0.796. The van der Waals surface area contributed by atoms with E-state index in [0.717, 1.165) is 19.0 Å². The number of rotatable bonds is 4. The minimum absolute atomic E-state index is 0.000486. The Bertz CT molecular complexity index is 186. The summed E-state index contributed by atoms with van der Waals surface area (Å²) in [6, 6.07) is 0. The molecule has 0 saturated carbocycles. The first kappa shape index (κ1) is 12.0. The van der Waals surface area contributed by atoms with Gasteiger partial charge in [0.25, 0.3) is 0 Å². The van der Waals surface area contributed by atoms with Gasteiger partial charge in [-0.1, -0.05) is 6.92 Å². The van der Waals surface area contributed by atoms with Gasteiger partial charge in [0.2, 0.25) is 0 Å². The lowest BCUT2D eigenvalue weighted by molar-refractivity contribution is -0.0220. The molecule has 84 valence electrons. The van der Waals surface area contributed by atoms with Gasteiger partial charge in [0.1, 0.15) is 0 Å². The molecule has 1 fully saturated rings. The van der Waals surface area contributed by atoms with E-state index in [0.29, 0.717) is 6.54 Å². The van der Waals surface area contributed by atoms with Crippen molar-refractivity contribution in [2.24, 2.45) is 11.7 Å². The molecular weight excluding hydrogens is 176 g/mol. The van der Waals surface area contributed by atoms with Gasteiger partial charge in [-0.25, -0.2) is 0 Å². The van der Waals surface area contributed by atoms with Crippen molar-refractivity contribution in [1.29, 1.82) is 0 Å². The Labute approximate surface area is 87.6 Å². The zero-order valence-corrected chi connectivity index (χ0v) is 9.92. The SMILES string of the molecule is COC(C)C(C)(CN)N1CCC(C)C1. The maximum absolute atomic E-state index is 5.89. The van der Waals surface area contributed by atoms with Crippen LogP contribution in [0, 0.1) is 5.92 Å². The van der Waals surface area contributed by atoms with Crippen LogP contribution < -0.4 is 5.73 Å². The Balaban J connectivity index is 2.68. The molecule has 14 heavy (non-hydrogen) atoms. The van der Waals surface area contributed by atoms with E-state index >= 15 is 0 Å². The average Bonchev–Trinajstić information content (AvgIpc) is 2.62. The zero-order chi connectivity index (χ0) is 10.8. The second kappa shape index (κ2) is 4.60. The third-order valence-corrected chi connectivity index (χ3v) is 3.79. The second-order valence-electron chi connectivity index (χ2n) is 4.78. The minimum Gasteiger partial charge on any atom is -0.380 e. The molecule has 0 amide bonds. The molecule has 0 radical (unpaired) electrons. The van der Waals surface area contributed by atoms with Crippen LogP contribution in [0.5, 0.6) is 0 Å². The first-order valence-corrected chi connectivity index (χ1v) is 5.52. The minimum atomic E-state index is -0.000486. The molecule has 1 saturated heterocycles. The molecule has 2 N–H and O–H groups in total. The predicted molar refractivity (Wildman–Crippen MR) is 59.3 cm³/mol. The molecule has 0 spiro atoms. The van der Waals surface area contributed by atoms with E-state index in [1.54, 1.807) is 7.11 Å². The second-order valence-corrected chi connectivity index (χ2v) is 4.78. The van der Waals surface area contributed by atoms with Crippen LogP contribution in [0.2, 0.25) is 0 Å². The Morgan fingerprint density at radius 1 is 1.64 bits per heavy atom. The van der Waals surface area contributed by atoms with Crippen molar-refractivity contribution in [3.05, 3.63) is 0 Å². The van der Waals surface area contributed by atoms with Crippen LogP contribution in [0.25, 0.3) is 0 Å². The van der Waals surface area contributed by atoms with Crippen LogP contribution in [0.15, 0.2) is 0 Å². The van der Waals surface area contributed by atoms with Gasteiger partial charge in [-0.2, -0.15) is 0 Å². The maximum atomic E-state index is 5.89. The van der Waals surface area contributed by atoms with Crippen molar-refractivity contribution in [1.82, 2.24) is 4.90 Å². The van der Waals surface area contributed by atoms with Crippen molar-refractivity contribution in [2.45, 2.75) is 38.8 Å². The molecule has 0 aromatic rings. The summed E-state index contributed by atoms with van der Waals surface area (Å²) in [5, 5.41) is 0. The molecule has 3 atom stereocenters. The van der Waals surface area contributed by atoms with Crippen LogP contribution in [-0.4, -0.2) is 43.3 Å². The van der Waals surface area contributed by atoms with E-state index in [1.807, 2.05) is 0 Å². The monoisotopic (exact) mass is 200 g/mol. The van der Waals surface area contributed by atoms with E-state index in [2.05, 4.69) is 25.7 Å². The molecular formula is C11H24N2O. The molecule has 1 aliphatic heterocycles. The highest BCUT2D eigenvalue weighted by atomic mass is 16.5. The lowest BCUT2D eigenvalue weighted by Gasteiger charge is -2.42. The van der Waals surface area contributed by atoms with Crippen LogP contribution >= 0.6 is 0 Å². The van der Waals surface area contributed by atoms with E-state index in [-0.39, 0.29) is 11.6 Å². The number of methoxy groups -OCH3 is 1. The van der Waals surface area contributed by atoms with Crippen LogP contribution in [0.3, 0.4) is 0 Å². The summed E-state index contributed by atoms with van der Waals surface area (Å²) < 4.78 is 5.43. The molecule has 0 bridgehead atoms. The molecule has 1 aliphatic rings. The van der Waals surface area contributed by atoms with Crippen molar-refractivity contribution in [3.8, 4) is 0 Å². The molecule has 3 heteroatoms. The molecule has 0 aromatic carbocycles. The van der Waals surface area contributed by atoms with Gasteiger partial charge in [-0.3, -0.25) is 4.90 Å². The third kappa shape index (κ3) is 2.10. The van der Waals surface area contributed by atoms with Gasteiger partial charge in [-0.15, -0.1) is 0 Å². The van der Waals surface area contributed by atoms with E-state index in [4.69, 9.17) is 10.5 Å². The summed E-state index contributed by atoms with van der Waals surface area (Å²) in [5.41, 5.74) is 5.89. The number of hydrogen-bond donors (Lipinski definition) is 1. The number of nitrogens with zero attached hydrogens (tertiary/aromatic N) is 1. The van der Waals surface area contributed by atoms with E-state index in [9.17, 15) is 0 Å². The van der Waals surface area contributed by atoms with E-state index < -0.39 is 0 Å². The normalized spacial score (nSPS) is 30.2. The summed E-state index contributed by atoms with van der Waals surface area (Å²) >= 11 is 0. The molecule has 1 heterocycles. The van der Waals surface area contributed by atoms with Crippen LogP contribution in [0.1, 0.15) is 27.2 Å². The molecule has 0 aromatic heterocycles. The van der Waals surface area contributed by atoms with Crippen LogP contribution in [0.4, 0.5) is 0 Å². The van der Waals surface area contributed by atoms with Crippen molar-refractivity contribution in [3.63, 3.8) is 0 Å². The van der Waals surface area contributed by atoms with Gasteiger partial charge in [0, 0.05) is 20.2 Å². The first-order chi connectivity index (χ1) is 6.54. The first-order valence-electron chi connectivity index (χ1n) is 5.52. The van der Waals surface area contributed by atoms with Crippen molar-refractivity contribution >= 4 is 0 Å². The Morgan fingerprint density at radius 2 is 2.29 bits per heavy atom. The Kier molecular flexibility index (Phi) is 3.93. The van der Waals surface area contributed by atoms with Crippen molar-refractivity contribution in [2.75, 3.05) is 26.7 Å². The highest BCUT2D eigenvalue weighted by Crippen LogP contribution is 2.27. The number of likely N-dealkylation sites (tertiary alicyclic amines) is 1. The molecule has 3 unspecified atom stereocenters. The Morgan fingerprint density at radius 3 is 2.64 bits per heavy atom. The molecule has 0 aliphatic carbocycles. The van der Waals surface area contributed by atoms with Gasteiger partial charge in [0.15, 0.2) is 0 Å². The number of ether oxygens (including phenoxy) is 1. The van der Waals surface area contributed by atoms with Gasteiger partial charge < -0.3 is 10.5 Å². The predicted octanol–water partition coefficient (Wildman–Crippen LogP) is 1.08. The highest BCUT2D eigenvalue weighted by Gasteiger charge is 2.39. The maximum Gasteiger partial charge on any atom is 0.0736 e. The molecule has 3 nitrogen and oxygen atoms in total. The third-order valence-electron chi connectivity index (χ3n) is 3.79.